The smallest absolute Gasteiger partial charge is 0.263 e. The highest BCUT2D eigenvalue weighted by Crippen LogP contribution is 2.41. The van der Waals surface area contributed by atoms with E-state index in [1.807, 2.05) is 50.4 Å². The molecule has 6 nitrogen and oxygen atoms in total. The van der Waals surface area contributed by atoms with Crippen LogP contribution in [-0.4, -0.2) is 36.2 Å². The molecule has 142 valence electrons. The lowest BCUT2D eigenvalue weighted by molar-refractivity contribution is -0.118. The largest absolute Gasteiger partial charge is 0.483 e. The van der Waals surface area contributed by atoms with E-state index in [1.54, 1.807) is 0 Å². The molecule has 0 unspecified atom stereocenters. The molecule has 27 heavy (non-hydrogen) atoms. The summed E-state index contributed by atoms with van der Waals surface area (Å²) in [5.74, 6) is 1.63. The van der Waals surface area contributed by atoms with Gasteiger partial charge in [0.05, 0.1) is 11.9 Å². The van der Waals surface area contributed by atoms with E-state index in [9.17, 15) is 4.79 Å². The Morgan fingerprint density at radius 1 is 1.26 bits per heavy atom. The van der Waals surface area contributed by atoms with E-state index in [2.05, 4.69) is 15.2 Å². The Morgan fingerprint density at radius 3 is 2.81 bits per heavy atom. The van der Waals surface area contributed by atoms with Crippen LogP contribution in [0.2, 0.25) is 0 Å². The number of amides is 1. The number of anilines is 2. The average Bonchev–Trinajstić information content (AvgIpc) is 3.27. The molecule has 6 heteroatoms. The van der Waals surface area contributed by atoms with Crippen molar-refractivity contribution in [2.75, 3.05) is 29.9 Å². The third-order valence-corrected chi connectivity index (χ3v) is 4.90. The fourth-order valence-corrected chi connectivity index (χ4v) is 3.65. The molecule has 0 radical (unpaired) electrons. The Morgan fingerprint density at radius 2 is 2.07 bits per heavy atom. The molecule has 2 aliphatic rings. The summed E-state index contributed by atoms with van der Waals surface area (Å²) in [6.45, 7) is 6.14. The average molecular weight is 367 g/mol. The number of pyridine rings is 1. The lowest BCUT2D eigenvalue weighted by Crippen LogP contribution is -2.25. The Balaban J connectivity index is 1.34. The summed E-state index contributed by atoms with van der Waals surface area (Å²) in [6, 6.07) is 9.61. The van der Waals surface area contributed by atoms with Crippen LogP contribution in [0.25, 0.3) is 0 Å². The molecule has 1 fully saturated rings. The molecule has 1 saturated heterocycles. The zero-order valence-electron chi connectivity index (χ0n) is 15.8. The highest BCUT2D eigenvalue weighted by molar-refractivity contribution is 5.91. The second-order valence-corrected chi connectivity index (χ2v) is 7.72. The van der Waals surface area contributed by atoms with Gasteiger partial charge in [0, 0.05) is 25.1 Å². The van der Waals surface area contributed by atoms with E-state index in [1.165, 1.54) is 12.8 Å². The maximum Gasteiger partial charge on any atom is 0.263 e. The van der Waals surface area contributed by atoms with Crippen LogP contribution in [0.4, 0.5) is 11.5 Å². The predicted molar refractivity (Wildman–Crippen MR) is 105 cm³/mol. The number of fused-ring (bicyclic) bond motifs is 1. The lowest BCUT2D eigenvalue weighted by atomic mass is 10.0. The number of nitrogens with one attached hydrogen (secondary N) is 1. The van der Waals surface area contributed by atoms with E-state index >= 15 is 0 Å². The molecule has 1 amide bonds. The van der Waals surface area contributed by atoms with Crippen molar-refractivity contribution in [3.05, 3.63) is 42.1 Å². The van der Waals surface area contributed by atoms with Gasteiger partial charge in [-0.15, -0.1) is 0 Å². The predicted octanol–water partition coefficient (Wildman–Crippen LogP) is 3.41. The number of rotatable bonds is 5. The number of para-hydroxylation sites is 1. The Labute approximate surface area is 159 Å². The van der Waals surface area contributed by atoms with Gasteiger partial charge in [-0.3, -0.25) is 4.79 Å². The number of hydrogen-bond donors (Lipinski definition) is 1. The van der Waals surface area contributed by atoms with Gasteiger partial charge in [0.2, 0.25) is 0 Å². The van der Waals surface area contributed by atoms with Crippen LogP contribution in [0.3, 0.4) is 0 Å². The van der Waals surface area contributed by atoms with Crippen molar-refractivity contribution in [2.45, 2.75) is 38.7 Å². The Bertz CT molecular complexity index is 827. The fourth-order valence-electron chi connectivity index (χ4n) is 3.65. The molecule has 1 aromatic carbocycles. The molecule has 0 spiro atoms. The van der Waals surface area contributed by atoms with Crippen LogP contribution < -0.4 is 19.7 Å². The monoisotopic (exact) mass is 367 g/mol. The molecule has 1 N–H and O–H groups in total. The van der Waals surface area contributed by atoms with Crippen molar-refractivity contribution in [2.24, 2.45) is 0 Å². The molecule has 0 atom stereocenters. The molecule has 0 saturated carbocycles. The molecular formula is C21H25N3O3. The number of aromatic nitrogens is 1. The van der Waals surface area contributed by atoms with Gasteiger partial charge in [0.1, 0.15) is 11.4 Å². The van der Waals surface area contributed by atoms with Crippen LogP contribution in [0.15, 0.2) is 36.5 Å². The quantitative estimate of drug-likeness (QED) is 0.877. The normalized spacial score (nSPS) is 17.3. The summed E-state index contributed by atoms with van der Waals surface area (Å²) in [5.41, 5.74) is 1.96. The minimum Gasteiger partial charge on any atom is -0.483 e. The maximum absolute atomic E-state index is 12.2. The van der Waals surface area contributed by atoms with Crippen molar-refractivity contribution >= 4 is 17.4 Å². The number of ether oxygens (including phenoxy) is 2. The fraction of sp³-hybridized carbons (Fsp3) is 0.429. The SMILES string of the molecule is CC1(C)Cc2cccc(OCC(=O)Nc3ccc(N4CCCC4)cn3)c2O1. The Hall–Kier alpha value is -2.76. The van der Waals surface area contributed by atoms with Crippen molar-refractivity contribution < 1.29 is 14.3 Å². The molecule has 0 bridgehead atoms. The minimum atomic E-state index is -0.245. The first-order chi connectivity index (χ1) is 13.0. The molecule has 3 heterocycles. The standard InChI is InChI=1S/C21H25N3O3/c1-21(2)12-15-6-5-7-17(20(15)27-21)26-14-19(25)23-18-9-8-16(13-22-18)24-10-3-4-11-24/h5-9,13H,3-4,10-12,14H2,1-2H3,(H,22,23,25). The van der Waals surface area contributed by atoms with Gasteiger partial charge in [0.25, 0.3) is 5.91 Å². The highest BCUT2D eigenvalue weighted by atomic mass is 16.5. The lowest BCUT2D eigenvalue weighted by Gasteiger charge is -2.18. The molecule has 4 rings (SSSR count). The third kappa shape index (κ3) is 3.99. The number of benzene rings is 1. The summed E-state index contributed by atoms with van der Waals surface area (Å²) < 4.78 is 11.7. The van der Waals surface area contributed by atoms with E-state index in [0.717, 1.165) is 36.5 Å². The highest BCUT2D eigenvalue weighted by Gasteiger charge is 2.32. The summed E-state index contributed by atoms with van der Waals surface area (Å²) in [5, 5.41) is 2.78. The van der Waals surface area contributed by atoms with Crippen molar-refractivity contribution in [3.63, 3.8) is 0 Å². The van der Waals surface area contributed by atoms with E-state index < -0.39 is 0 Å². The van der Waals surface area contributed by atoms with Gasteiger partial charge in [-0.2, -0.15) is 0 Å². The third-order valence-electron chi connectivity index (χ3n) is 4.90. The number of hydrogen-bond acceptors (Lipinski definition) is 5. The van der Waals surface area contributed by atoms with Crippen LogP contribution in [0, 0.1) is 0 Å². The first-order valence-corrected chi connectivity index (χ1v) is 9.45. The molecular weight excluding hydrogens is 342 g/mol. The molecule has 1 aromatic heterocycles. The molecule has 2 aliphatic heterocycles. The van der Waals surface area contributed by atoms with Crippen molar-refractivity contribution in [1.29, 1.82) is 0 Å². The molecule has 2 aromatic rings. The van der Waals surface area contributed by atoms with Crippen molar-refractivity contribution in [1.82, 2.24) is 4.98 Å². The van der Waals surface area contributed by atoms with Gasteiger partial charge in [0.15, 0.2) is 18.1 Å². The van der Waals surface area contributed by atoms with Gasteiger partial charge in [-0.25, -0.2) is 4.98 Å². The summed E-state index contributed by atoms with van der Waals surface area (Å²) >= 11 is 0. The minimum absolute atomic E-state index is 0.0875. The topological polar surface area (TPSA) is 63.7 Å². The second-order valence-electron chi connectivity index (χ2n) is 7.72. The first-order valence-electron chi connectivity index (χ1n) is 9.45. The number of carbonyl (C=O) groups excluding carboxylic acids is 1. The summed E-state index contributed by atoms with van der Waals surface area (Å²) in [4.78, 5) is 18.9. The van der Waals surface area contributed by atoms with Gasteiger partial charge in [-0.1, -0.05) is 12.1 Å². The number of nitrogens with zero attached hydrogens (tertiary/aromatic N) is 2. The van der Waals surface area contributed by atoms with E-state index in [4.69, 9.17) is 9.47 Å². The van der Waals surface area contributed by atoms with Crippen LogP contribution >= 0.6 is 0 Å². The second kappa shape index (κ2) is 7.10. The molecule has 0 aliphatic carbocycles. The zero-order valence-corrected chi connectivity index (χ0v) is 15.8. The maximum atomic E-state index is 12.2. The van der Waals surface area contributed by atoms with E-state index in [-0.39, 0.29) is 18.1 Å². The first kappa shape index (κ1) is 17.6. The van der Waals surface area contributed by atoms with Gasteiger partial charge < -0.3 is 19.7 Å². The van der Waals surface area contributed by atoms with Crippen LogP contribution in [0.1, 0.15) is 32.3 Å². The summed E-state index contributed by atoms with van der Waals surface area (Å²) in [6.07, 6.45) is 5.08. The number of carbonyl (C=O) groups is 1. The van der Waals surface area contributed by atoms with Gasteiger partial charge >= 0.3 is 0 Å². The summed E-state index contributed by atoms with van der Waals surface area (Å²) in [7, 11) is 0. The van der Waals surface area contributed by atoms with Crippen LogP contribution in [0.5, 0.6) is 11.5 Å². The Kier molecular flexibility index (Phi) is 4.64. The zero-order chi connectivity index (χ0) is 18.9. The van der Waals surface area contributed by atoms with Crippen molar-refractivity contribution in [3.8, 4) is 11.5 Å². The van der Waals surface area contributed by atoms with E-state index in [0.29, 0.717) is 11.6 Å². The van der Waals surface area contributed by atoms with Crippen LogP contribution in [-0.2, 0) is 11.2 Å². The van der Waals surface area contributed by atoms with Gasteiger partial charge in [-0.05, 0) is 44.9 Å².